The van der Waals surface area contributed by atoms with Crippen LogP contribution in [0.15, 0.2) is 11.8 Å². The highest BCUT2D eigenvalue weighted by Gasteiger charge is 2.08. The number of aliphatic hydroxyl groups excluding tert-OH is 1. The number of rotatable bonds is 4. The molecule has 0 saturated carbocycles. The number of allylic oxidation sites excluding steroid dienone is 1. The van der Waals surface area contributed by atoms with Crippen LogP contribution in [0.25, 0.3) is 0 Å². The van der Waals surface area contributed by atoms with Crippen LogP contribution in [-0.2, 0) is 14.3 Å². The molecule has 0 rings (SSSR count). The van der Waals surface area contributed by atoms with E-state index in [-0.39, 0.29) is 18.8 Å². The smallest absolute Gasteiger partial charge is 0.373 e. The van der Waals surface area contributed by atoms with E-state index in [1.54, 1.807) is 13.8 Å². The topological polar surface area (TPSA) is 63.6 Å². The van der Waals surface area contributed by atoms with Gasteiger partial charge in [0.25, 0.3) is 0 Å². The minimum atomic E-state index is -0.862. The molecule has 0 atom stereocenters. The number of carbonyl (C=O) groups is 2. The van der Waals surface area contributed by atoms with Gasteiger partial charge in [0.15, 0.2) is 5.78 Å². The monoisotopic (exact) mass is 172 g/mol. The molecule has 0 saturated heterocycles. The summed E-state index contributed by atoms with van der Waals surface area (Å²) in [4.78, 5) is 21.4. The van der Waals surface area contributed by atoms with Crippen molar-refractivity contribution < 1.29 is 19.4 Å². The van der Waals surface area contributed by atoms with Crippen molar-refractivity contribution in [3.63, 3.8) is 0 Å². The van der Waals surface area contributed by atoms with Crippen molar-refractivity contribution in [1.29, 1.82) is 0 Å². The molecule has 0 fully saturated rings. The lowest BCUT2D eigenvalue weighted by molar-refractivity contribution is -0.141. The van der Waals surface area contributed by atoms with Gasteiger partial charge < -0.3 is 9.84 Å². The van der Waals surface area contributed by atoms with Crippen molar-refractivity contribution in [2.75, 3.05) is 6.61 Å². The Labute approximate surface area is 70.8 Å². The lowest BCUT2D eigenvalue weighted by Gasteiger charge is -1.98. The fraction of sp³-hybridized carbons (Fsp3) is 0.500. The van der Waals surface area contributed by atoms with E-state index in [0.29, 0.717) is 0 Å². The lowest BCUT2D eigenvalue weighted by Crippen LogP contribution is -2.08. The molecule has 1 N–H and O–H groups in total. The SMILES string of the molecule is CCOC(=O)C(O)=CC(=O)CC. The highest BCUT2D eigenvalue weighted by molar-refractivity contribution is 5.97. The molecule has 4 heteroatoms. The Morgan fingerprint density at radius 1 is 1.42 bits per heavy atom. The molecule has 0 aromatic carbocycles. The molecule has 0 aromatic rings. The summed E-state index contributed by atoms with van der Waals surface area (Å²) in [7, 11) is 0. The first-order valence-electron chi connectivity index (χ1n) is 3.72. The van der Waals surface area contributed by atoms with Crippen LogP contribution < -0.4 is 0 Å². The third kappa shape index (κ3) is 3.75. The van der Waals surface area contributed by atoms with E-state index >= 15 is 0 Å². The fourth-order valence-corrected chi connectivity index (χ4v) is 0.519. The predicted molar refractivity (Wildman–Crippen MR) is 42.6 cm³/mol. The number of hydrogen-bond acceptors (Lipinski definition) is 4. The molecule has 0 heterocycles. The fourth-order valence-electron chi connectivity index (χ4n) is 0.519. The Balaban J connectivity index is 4.17. The Kier molecular flexibility index (Phi) is 4.76. The highest BCUT2D eigenvalue weighted by atomic mass is 16.5. The van der Waals surface area contributed by atoms with E-state index in [1.807, 2.05) is 0 Å². The second-order valence-corrected chi connectivity index (χ2v) is 2.07. The van der Waals surface area contributed by atoms with Crippen LogP contribution in [0, 0.1) is 0 Å². The summed E-state index contributed by atoms with van der Waals surface area (Å²) in [5.74, 6) is -1.80. The van der Waals surface area contributed by atoms with Crippen LogP contribution in [-0.4, -0.2) is 23.5 Å². The molecule has 0 radical (unpaired) electrons. The predicted octanol–water partition coefficient (Wildman–Crippen LogP) is 0.971. The molecule has 0 aliphatic carbocycles. The van der Waals surface area contributed by atoms with Gasteiger partial charge in [-0.1, -0.05) is 6.92 Å². The molecule has 0 aliphatic heterocycles. The molecule has 0 aliphatic rings. The van der Waals surface area contributed by atoms with Crippen LogP contribution in [0.1, 0.15) is 20.3 Å². The minimum Gasteiger partial charge on any atom is -0.502 e. The van der Waals surface area contributed by atoms with Crippen molar-refractivity contribution >= 4 is 11.8 Å². The zero-order chi connectivity index (χ0) is 9.56. The first-order chi connectivity index (χ1) is 5.61. The summed E-state index contributed by atoms with van der Waals surface area (Å²) in [6.45, 7) is 3.43. The van der Waals surface area contributed by atoms with Crippen LogP contribution in [0.4, 0.5) is 0 Å². The average molecular weight is 172 g/mol. The largest absolute Gasteiger partial charge is 0.502 e. The van der Waals surface area contributed by atoms with E-state index in [4.69, 9.17) is 5.11 Å². The van der Waals surface area contributed by atoms with Gasteiger partial charge in [-0.3, -0.25) is 4.79 Å². The quantitative estimate of drug-likeness (QED) is 0.390. The number of ether oxygens (including phenoxy) is 1. The van der Waals surface area contributed by atoms with Gasteiger partial charge in [-0.05, 0) is 6.92 Å². The zero-order valence-corrected chi connectivity index (χ0v) is 7.16. The lowest BCUT2D eigenvalue weighted by atomic mass is 10.3. The first kappa shape index (κ1) is 10.7. The van der Waals surface area contributed by atoms with Gasteiger partial charge in [0.2, 0.25) is 5.76 Å². The maximum Gasteiger partial charge on any atom is 0.373 e. The second-order valence-electron chi connectivity index (χ2n) is 2.07. The summed E-state index contributed by atoms with van der Waals surface area (Å²) in [5, 5.41) is 8.92. The molecule has 0 spiro atoms. The van der Waals surface area contributed by atoms with Gasteiger partial charge in [0.05, 0.1) is 6.61 Å². The molecule has 0 aromatic heterocycles. The number of aliphatic hydroxyl groups is 1. The van der Waals surface area contributed by atoms with E-state index in [2.05, 4.69) is 4.74 Å². The summed E-state index contributed by atoms with van der Waals surface area (Å²) in [6.07, 6.45) is 1.13. The molecular weight excluding hydrogens is 160 g/mol. The number of hydrogen-bond donors (Lipinski definition) is 1. The van der Waals surface area contributed by atoms with Crippen LogP contribution in [0.5, 0.6) is 0 Å². The van der Waals surface area contributed by atoms with E-state index in [0.717, 1.165) is 6.08 Å². The second kappa shape index (κ2) is 5.35. The Bertz CT molecular complexity index is 205. The Morgan fingerprint density at radius 3 is 2.42 bits per heavy atom. The molecule has 0 unspecified atom stereocenters. The van der Waals surface area contributed by atoms with E-state index in [9.17, 15) is 9.59 Å². The van der Waals surface area contributed by atoms with Crippen molar-refractivity contribution in [2.45, 2.75) is 20.3 Å². The highest BCUT2D eigenvalue weighted by Crippen LogP contribution is 1.95. The van der Waals surface area contributed by atoms with Crippen molar-refractivity contribution in [1.82, 2.24) is 0 Å². The van der Waals surface area contributed by atoms with Gasteiger partial charge in [0, 0.05) is 12.5 Å². The van der Waals surface area contributed by atoms with E-state index < -0.39 is 11.7 Å². The maximum atomic E-state index is 10.7. The van der Waals surface area contributed by atoms with Crippen molar-refractivity contribution in [2.24, 2.45) is 0 Å². The molecule has 0 bridgehead atoms. The number of carbonyl (C=O) groups excluding carboxylic acids is 2. The normalized spacial score (nSPS) is 11.0. The number of esters is 1. The van der Waals surface area contributed by atoms with Crippen LogP contribution in [0.2, 0.25) is 0 Å². The Hall–Kier alpha value is -1.32. The standard InChI is InChI=1S/C8H12O4/c1-3-6(9)5-7(10)8(11)12-4-2/h5,10H,3-4H2,1-2H3. The van der Waals surface area contributed by atoms with Gasteiger partial charge in [-0.15, -0.1) is 0 Å². The van der Waals surface area contributed by atoms with Crippen LogP contribution in [0.3, 0.4) is 0 Å². The summed E-state index contributed by atoms with van der Waals surface area (Å²) >= 11 is 0. The summed E-state index contributed by atoms with van der Waals surface area (Å²) in [6, 6.07) is 0. The molecule has 68 valence electrons. The van der Waals surface area contributed by atoms with Crippen molar-refractivity contribution in [3.05, 3.63) is 11.8 Å². The zero-order valence-electron chi connectivity index (χ0n) is 7.16. The van der Waals surface area contributed by atoms with E-state index in [1.165, 1.54) is 0 Å². The summed E-state index contributed by atoms with van der Waals surface area (Å²) < 4.78 is 4.44. The molecule has 4 nitrogen and oxygen atoms in total. The van der Waals surface area contributed by atoms with Gasteiger partial charge in [-0.25, -0.2) is 4.79 Å². The molecular formula is C8H12O4. The maximum absolute atomic E-state index is 10.7. The molecule has 0 amide bonds. The average Bonchev–Trinajstić information content (AvgIpc) is 2.04. The third-order valence-electron chi connectivity index (χ3n) is 1.13. The Morgan fingerprint density at radius 2 is 2.00 bits per heavy atom. The van der Waals surface area contributed by atoms with Crippen molar-refractivity contribution in [3.8, 4) is 0 Å². The van der Waals surface area contributed by atoms with Gasteiger partial charge >= 0.3 is 5.97 Å². The third-order valence-corrected chi connectivity index (χ3v) is 1.13. The van der Waals surface area contributed by atoms with Gasteiger partial charge in [0.1, 0.15) is 0 Å². The first-order valence-corrected chi connectivity index (χ1v) is 3.72. The number of ketones is 1. The minimum absolute atomic E-state index is 0.178. The summed E-state index contributed by atoms with van der Waals surface area (Å²) in [5.41, 5.74) is 0. The van der Waals surface area contributed by atoms with Gasteiger partial charge in [-0.2, -0.15) is 0 Å². The molecule has 12 heavy (non-hydrogen) atoms. The van der Waals surface area contributed by atoms with Crippen LogP contribution >= 0.6 is 0 Å².